The second-order valence-corrected chi connectivity index (χ2v) is 5.42. The third-order valence-electron chi connectivity index (χ3n) is 3.62. The van der Waals surface area contributed by atoms with E-state index in [-0.39, 0.29) is 12.5 Å². The molecule has 2 rings (SSSR count). The fourth-order valence-electron chi connectivity index (χ4n) is 2.49. The smallest absolute Gasteiger partial charge is 0.312 e. The molecule has 1 aliphatic heterocycles. The number of fused-ring (bicyclic) bond motifs is 1. The van der Waals surface area contributed by atoms with Crippen LogP contribution in [0.5, 0.6) is 0 Å². The van der Waals surface area contributed by atoms with Crippen LogP contribution < -0.4 is 0 Å². The third kappa shape index (κ3) is 3.17. The Labute approximate surface area is 118 Å². The summed E-state index contributed by atoms with van der Waals surface area (Å²) in [6.07, 6.45) is 0.418. The first kappa shape index (κ1) is 14.5. The summed E-state index contributed by atoms with van der Waals surface area (Å²) < 4.78 is 0. The quantitative estimate of drug-likeness (QED) is 0.896. The number of aliphatic carboxylic acids is 1. The monoisotopic (exact) mass is 276 g/mol. The van der Waals surface area contributed by atoms with E-state index in [2.05, 4.69) is 0 Å². The Balaban J connectivity index is 2.16. The van der Waals surface area contributed by atoms with Crippen molar-refractivity contribution in [3.05, 3.63) is 35.4 Å². The van der Waals surface area contributed by atoms with E-state index in [9.17, 15) is 14.7 Å². The van der Waals surface area contributed by atoms with Gasteiger partial charge in [0, 0.05) is 26.1 Å². The van der Waals surface area contributed by atoms with Gasteiger partial charge in [-0.25, -0.2) is 0 Å². The van der Waals surface area contributed by atoms with Crippen LogP contribution in [0.15, 0.2) is 24.3 Å². The van der Waals surface area contributed by atoms with Crippen LogP contribution in [0.4, 0.5) is 0 Å². The van der Waals surface area contributed by atoms with E-state index >= 15 is 0 Å². The van der Waals surface area contributed by atoms with Crippen molar-refractivity contribution >= 4 is 11.9 Å². The highest BCUT2D eigenvalue weighted by Crippen LogP contribution is 2.28. The van der Waals surface area contributed by atoms with Gasteiger partial charge in [0.05, 0.1) is 5.92 Å². The summed E-state index contributed by atoms with van der Waals surface area (Å²) in [5.41, 5.74) is 1.76. The molecule has 5 nitrogen and oxygen atoms in total. The predicted octanol–water partition coefficient (Wildman–Crippen LogP) is 1.15. The average molecular weight is 276 g/mol. The van der Waals surface area contributed by atoms with Gasteiger partial charge in [-0.05, 0) is 25.2 Å². The van der Waals surface area contributed by atoms with E-state index in [4.69, 9.17) is 0 Å². The van der Waals surface area contributed by atoms with Gasteiger partial charge in [-0.3, -0.25) is 9.59 Å². The standard InChI is InChI=1S/C15H20N2O3/c1-16(2)8-7-14(18)17-9-11-5-3-4-6-12(11)13(10-17)15(19)20/h3-6,13H,7-10H2,1-2H3,(H,19,20). The lowest BCUT2D eigenvalue weighted by atomic mass is 9.89. The van der Waals surface area contributed by atoms with Crippen molar-refractivity contribution < 1.29 is 14.7 Å². The van der Waals surface area contributed by atoms with E-state index in [1.165, 1.54) is 0 Å². The van der Waals surface area contributed by atoms with Crippen LogP contribution in [0, 0.1) is 0 Å². The highest BCUT2D eigenvalue weighted by molar-refractivity contribution is 5.81. The number of carboxylic acid groups (broad SMARTS) is 1. The zero-order valence-corrected chi connectivity index (χ0v) is 11.9. The molecule has 0 aliphatic carbocycles. The molecule has 1 heterocycles. The van der Waals surface area contributed by atoms with Crippen molar-refractivity contribution in [2.45, 2.75) is 18.9 Å². The normalized spacial score (nSPS) is 17.9. The van der Waals surface area contributed by atoms with Gasteiger partial charge in [0.15, 0.2) is 0 Å². The van der Waals surface area contributed by atoms with Crippen LogP contribution in [0.25, 0.3) is 0 Å². The van der Waals surface area contributed by atoms with Crippen LogP contribution in [0.3, 0.4) is 0 Å². The first-order valence-electron chi connectivity index (χ1n) is 6.72. The molecular weight excluding hydrogens is 256 g/mol. The summed E-state index contributed by atoms with van der Waals surface area (Å²) in [6.45, 7) is 1.44. The molecule has 0 bridgehead atoms. The van der Waals surface area contributed by atoms with Crippen molar-refractivity contribution in [3.63, 3.8) is 0 Å². The van der Waals surface area contributed by atoms with Crippen molar-refractivity contribution in [1.29, 1.82) is 0 Å². The third-order valence-corrected chi connectivity index (χ3v) is 3.62. The van der Waals surface area contributed by atoms with Crippen LogP contribution in [0.1, 0.15) is 23.5 Å². The first-order valence-corrected chi connectivity index (χ1v) is 6.72. The molecule has 0 fully saturated rings. The van der Waals surface area contributed by atoms with Gasteiger partial charge in [-0.15, -0.1) is 0 Å². The molecule has 0 spiro atoms. The SMILES string of the molecule is CN(C)CCC(=O)N1Cc2ccccc2C(C(=O)O)C1. The summed E-state index contributed by atoms with van der Waals surface area (Å²) in [5.74, 6) is -1.48. The van der Waals surface area contributed by atoms with Gasteiger partial charge in [0.1, 0.15) is 0 Å². The minimum absolute atomic E-state index is 0.0134. The van der Waals surface area contributed by atoms with E-state index < -0.39 is 11.9 Å². The summed E-state index contributed by atoms with van der Waals surface area (Å²) in [4.78, 5) is 27.2. The fraction of sp³-hybridized carbons (Fsp3) is 0.467. The number of rotatable bonds is 4. The van der Waals surface area contributed by atoms with E-state index in [0.717, 1.165) is 11.1 Å². The highest BCUT2D eigenvalue weighted by Gasteiger charge is 2.31. The second kappa shape index (κ2) is 6.05. The molecule has 1 unspecified atom stereocenters. The van der Waals surface area contributed by atoms with Gasteiger partial charge in [0.25, 0.3) is 0 Å². The molecule has 5 heteroatoms. The number of benzene rings is 1. The minimum Gasteiger partial charge on any atom is -0.481 e. The fourth-order valence-corrected chi connectivity index (χ4v) is 2.49. The summed E-state index contributed by atoms with van der Waals surface area (Å²) >= 11 is 0. The van der Waals surface area contributed by atoms with Crippen molar-refractivity contribution in [3.8, 4) is 0 Å². The zero-order valence-electron chi connectivity index (χ0n) is 11.9. The van der Waals surface area contributed by atoms with E-state index in [1.807, 2.05) is 43.3 Å². The molecule has 108 valence electrons. The Morgan fingerprint density at radius 3 is 2.70 bits per heavy atom. The average Bonchev–Trinajstić information content (AvgIpc) is 2.43. The molecule has 1 aromatic carbocycles. The van der Waals surface area contributed by atoms with Gasteiger partial charge in [0.2, 0.25) is 5.91 Å². The second-order valence-electron chi connectivity index (χ2n) is 5.42. The minimum atomic E-state index is -0.873. The summed E-state index contributed by atoms with van der Waals surface area (Å²) in [7, 11) is 3.83. The van der Waals surface area contributed by atoms with Crippen LogP contribution in [0.2, 0.25) is 0 Å². The number of carboxylic acids is 1. The van der Waals surface area contributed by atoms with Gasteiger partial charge < -0.3 is 14.9 Å². The number of carbonyl (C=O) groups is 2. The Morgan fingerprint density at radius 2 is 2.05 bits per heavy atom. The number of hydrogen-bond donors (Lipinski definition) is 1. The largest absolute Gasteiger partial charge is 0.481 e. The Morgan fingerprint density at radius 1 is 1.35 bits per heavy atom. The molecule has 1 aromatic rings. The topological polar surface area (TPSA) is 60.9 Å². The molecular formula is C15H20N2O3. The van der Waals surface area contributed by atoms with Gasteiger partial charge in [-0.2, -0.15) is 0 Å². The van der Waals surface area contributed by atoms with Crippen LogP contribution >= 0.6 is 0 Å². The van der Waals surface area contributed by atoms with Crippen molar-refractivity contribution in [1.82, 2.24) is 9.80 Å². The Kier molecular flexibility index (Phi) is 4.39. The number of carbonyl (C=O) groups excluding carboxylic acids is 1. The molecule has 0 radical (unpaired) electrons. The van der Waals surface area contributed by atoms with E-state index in [0.29, 0.717) is 19.5 Å². The molecule has 0 saturated carbocycles. The molecule has 20 heavy (non-hydrogen) atoms. The molecule has 1 amide bonds. The zero-order chi connectivity index (χ0) is 14.7. The van der Waals surface area contributed by atoms with Crippen molar-refractivity contribution in [2.75, 3.05) is 27.2 Å². The predicted molar refractivity (Wildman–Crippen MR) is 75.4 cm³/mol. The molecule has 1 aliphatic rings. The van der Waals surface area contributed by atoms with Crippen LogP contribution in [-0.2, 0) is 16.1 Å². The lowest BCUT2D eigenvalue weighted by Crippen LogP contribution is -2.41. The number of hydrogen-bond acceptors (Lipinski definition) is 3. The molecule has 1 atom stereocenters. The molecule has 1 N–H and O–H groups in total. The lowest BCUT2D eigenvalue weighted by Gasteiger charge is -2.33. The summed E-state index contributed by atoms with van der Waals surface area (Å²) in [6, 6.07) is 7.47. The maximum atomic E-state index is 12.2. The van der Waals surface area contributed by atoms with Gasteiger partial charge in [-0.1, -0.05) is 24.3 Å². The first-order chi connectivity index (χ1) is 9.49. The lowest BCUT2D eigenvalue weighted by molar-refractivity contribution is -0.141. The number of amides is 1. The van der Waals surface area contributed by atoms with E-state index in [1.54, 1.807) is 4.90 Å². The summed E-state index contributed by atoms with van der Waals surface area (Å²) in [5, 5.41) is 9.36. The van der Waals surface area contributed by atoms with Crippen molar-refractivity contribution in [2.24, 2.45) is 0 Å². The molecule has 0 saturated heterocycles. The Bertz CT molecular complexity index is 514. The maximum Gasteiger partial charge on any atom is 0.312 e. The van der Waals surface area contributed by atoms with Gasteiger partial charge >= 0.3 is 5.97 Å². The van der Waals surface area contributed by atoms with Crippen LogP contribution in [-0.4, -0.2) is 54.0 Å². The molecule has 0 aromatic heterocycles. The number of nitrogens with zero attached hydrogens (tertiary/aromatic N) is 2. The highest BCUT2D eigenvalue weighted by atomic mass is 16.4. The Hall–Kier alpha value is -1.88. The maximum absolute atomic E-state index is 12.2.